The quantitative estimate of drug-likeness (QED) is 0.705. The summed E-state index contributed by atoms with van der Waals surface area (Å²) in [5.41, 5.74) is 5.58. The summed E-state index contributed by atoms with van der Waals surface area (Å²) in [7, 11) is -0.837. The lowest BCUT2D eigenvalue weighted by Crippen LogP contribution is -2.49. The van der Waals surface area contributed by atoms with Crippen molar-refractivity contribution >= 4 is 26.0 Å². The van der Waals surface area contributed by atoms with Gasteiger partial charge in [-0.05, 0) is 34.8 Å². The number of hydrogen-bond donors (Lipinski definition) is 2. The van der Waals surface area contributed by atoms with Crippen molar-refractivity contribution in [3.63, 3.8) is 0 Å². The molecule has 0 aliphatic rings. The Morgan fingerprint density at radius 2 is 1.73 bits per heavy atom. The molecule has 1 rings (SSSR count). The first-order valence-electron chi connectivity index (χ1n) is 6.93. The third-order valence-electron chi connectivity index (χ3n) is 3.75. The molecule has 0 spiro atoms. The van der Waals surface area contributed by atoms with Crippen molar-refractivity contribution in [1.82, 2.24) is 4.72 Å². The first-order valence-corrected chi connectivity index (χ1v) is 9.20. The molecule has 1 aromatic rings. The van der Waals surface area contributed by atoms with Crippen LogP contribution in [0.1, 0.15) is 26.7 Å². The molecule has 8 heteroatoms. The van der Waals surface area contributed by atoms with Gasteiger partial charge in [0.1, 0.15) is 16.4 Å². The minimum atomic E-state index is -3.74. The molecule has 0 heterocycles. The van der Waals surface area contributed by atoms with Crippen LogP contribution in [0, 0.1) is 0 Å². The molecule has 126 valence electrons. The van der Waals surface area contributed by atoms with Gasteiger partial charge in [-0.3, -0.25) is 0 Å². The summed E-state index contributed by atoms with van der Waals surface area (Å²) in [4.78, 5) is 0.0391. The number of nitrogens with two attached hydrogens (primary N) is 1. The molecule has 0 bridgehead atoms. The average Bonchev–Trinajstić information content (AvgIpc) is 2.52. The van der Waals surface area contributed by atoms with Crippen molar-refractivity contribution in [2.45, 2.75) is 37.1 Å². The summed E-state index contributed by atoms with van der Waals surface area (Å²) in [6, 6.07) is 2.98. The maximum absolute atomic E-state index is 12.5. The van der Waals surface area contributed by atoms with Crippen LogP contribution in [0.15, 0.2) is 21.5 Å². The molecule has 22 heavy (non-hydrogen) atoms. The van der Waals surface area contributed by atoms with Gasteiger partial charge in [0.2, 0.25) is 10.0 Å². The second-order valence-electron chi connectivity index (χ2n) is 5.03. The van der Waals surface area contributed by atoms with Gasteiger partial charge in [-0.25, -0.2) is 13.1 Å². The Bertz CT molecular complexity index is 616. The second kappa shape index (κ2) is 7.63. The number of nitrogens with one attached hydrogen (secondary N) is 1. The predicted molar refractivity (Wildman–Crippen MR) is 89.9 cm³/mol. The zero-order valence-corrected chi connectivity index (χ0v) is 15.7. The van der Waals surface area contributed by atoms with Crippen LogP contribution < -0.4 is 19.9 Å². The van der Waals surface area contributed by atoms with E-state index in [1.807, 2.05) is 13.8 Å². The van der Waals surface area contributed by atoms with Crippen molar-refractivity contribution in [2.75, 3.05) is 20.8 Å². The summed E-state index contributed by atoms with van der Waals surface area (Å²) >= 11 is 3.28. The van der Waals surface area contributed by atoms with Crippen molar-refractivity contribution in [3.8, 4) is 11.5 Å². The summed E-state index contributed by atoms with van der Waals surface area (Å²) in [5, 5.41) is 0. The van der Waals surface area contributed by atoms with Gasteiger partial charge in [0, 0.05) is 18.2 Å². The lowest BCUT2D eigenvalue weighted by Gasteiger charge is -2.27. The monoisotopic (exact) mass is 394 g/mol. The molecular weight excluding hydrogens is 372 g/mol. The van der Waals surface area contributed by atoms with Gasteiger partial charge in [-0.2, -0.15) is 0 Å². The Balaban J connectivity index is 3.15. The molecule has 3 N–H and O–H groups in total. The van der Waals surface area contributed by atoms with E-state index in [-0.39, 0.29) is 17.2 Å². The third-order valence-corrected chi connectivity index (χ3v) is 5.79. The largest absolute Gasteiger partial charge is 0.495 e. The second-order valence-corrected chi connectivity index (χ2v) is 7.62. The van der Waals surface area contributed by atoms with E-state index in [4.69, 9.17) is 15.2 Å². The van der Waals surface area contributed by atoms with Crippen molar-refractivity contribution in [1.29, 1.82) is 0 Å². The van der Waals surface area contributed by atoms with E-state index in [2.05, 4.69) is 20.7 Å². The number of halogens is 1. The van der Waals surface area contributed by atoms with Crippen molar-refractivity contribution in [3.05, 3.63) is 16.6 Å². The van der Waals surface area contributed by atoms with Crippen LogP contribution in [0.25, 0.3) is 0 Å². The fraction of sp³-hybridized carbons (Fsp3) is 0.571. The average molecular weight is 395 g/mol. The summed E-state index contributed by atoms with van der Waals surface area (Å²) in [6.45, 7) is 4.03. The van der Waals surface area contributed by atoms with Gasteiger partial charge >= 0.3 is 0 Å². The van der Waals surface area contributed by atoms with Crippen LogP contribution in [-0.4, -0.2) is 34.7 Å². The van der Waals surface area contributed by atoms with E-state index in [0.29, 0.717) is 23.1 Å². The highest BCUT2D eigenvalue weighted by Crippen LogP contribution is 2.35. The van der Waals surface area contributed by atoms with Crippen LogP contribution in [0.5, 0.6) is 11.5 Å². The van der Waals surface area contributed by atoms with Crippen LogP contribution in [0.3, 0.4) is 0 Å². The lowest BCUT2D eigenvalue weighted by molar-refractivity contribution is 0.381. The molecule has 0 aliphatic carbocycles. The molecule has 6 nitrogen and oxygen atoms in total. The molecule has 0 atom stereocenters. The van der Waals surface area contributed by atoms with Crippen LogP contribution >= 0.6 is 15.9 Å². The van der Waals surface area contributed by atoms with Crippen LogP contribution in [-0.2, 0) is 10.0 Å². The normalized spacial score (nSPS) is 12.3. The Labute approximate surface area is 140 Å². The fourth-order valence-corrected chi connectivity index (χ4v) is 3.83. The van der Waals surface area contributed by atoms with E-state index < -0.39 is 15.6 Å². The standard InChI is InChI=1S/C14H23BrN2O4S/c1-5-14(16,6-2)9-17-22(18,19)13-7-10(15)11(20-3)8-12(13)21-4/h7-8,17H,5-6,9,16H2,1-4H3. The van der Waals surface area contributed by atoms with Gasteiger partial charge in [0.05, 0.1) is 18.7 Å². The van der Waals surface area contributed by atoms with Crippen LogP contribution in [0.4, 0.5) is 0 Å². The number of ether oxygens (including phenoxy) is 2. The van der Waals surface area contributed by atoms with E-state index in [0.717, 1.165) is 0 Å². The first-order chi connectivity index (χ1) is 10.2. The summed E-state index contributed by atoms with van der Waals surface area (Å²) in [6.07, 6.45) is 1.35. The van der Waals surface area contributed by atoms with Crippen LogP contribution in [0.2, 0.25) is 0 Å². The number of sulfonamides is 1. The van der Waals surface area contributed by atoms with Gasteiger partial charge in [0.25, 0.3) is 0 Å². The maximum Gasteiger partial charge on any atom is 0.244 e. The number of methoxy groups -OCH3 is 2. The van der Waals surface area contributed by atoms with Crippen molar-refractivity contribution < 1.29 is 17.9 Å². The third kappa shape index (κ3) is 4.34. The molecule has 0 aromatic heterocycles. The highest BCUT2D eigenvalue weighted by molar-refractivity contribution is 9.10. The SMILES string of the molecule is CCC(N)(CC)CNS(=O)(=O)c1cc(Br)c(OC)cc1OC. The molecule has 0 radical (unpaired) electrons. The zero-order valence-electron chi connectivity index (χ0n) is 13.3. The van der Waals surface area contributed by atoms with Gasteiger partial charge in [0.15, 0.2) is 0 Å². The summed E-state index contributed by atoms with van der Waals surface area (Å²) in [5.74, 6) is 0.703. The first kappa shape index (κ1) is 19.2. The van der Waals surface area contributed by atoms with E-state index >= 15 is 0 Å². The van der Waals surface area contributed by atoms with Gasteiger partial charge < -0.3 is 15.2 Å². The van der Waals surface area contributed by atoms with Gasteiger partial charge in [-0.15, -0.1) is 0 Å². The molecule has 1 aromatic carbocycles. The fourth-order valence-electron chi connectivity index (χ4n) is 1.86. The Morgan fingerprint density at radius 3 is 2.18 bits per heavy atom. The smallest absolute Gasteiger partial charge is 0.244 e. The van der Waals surface area contributed by atoms with Crippen molar-refractivity contribution in [2.24, 2.45) is 5.73 Å². The van der Waals surface area contributed by atoms with E-state index in [1.54, 1.807) is 0 Å². The topological polar surface area (TPSA) is 90.7 Å². The summed E-state index contributed by atoms with van der Waals surface area (Å²) < 4.78 is 38.5. The Hall–Kier alpha value is -0.830. The maximum atomic E-state index is 12.5. The molecule has 0 saturated carbocycles. The molecule has 0 aliphatic heterocycles. The molecule has 0 amide bonds. The number of rotatable bonds is 8. The minimum Gasteiger partial charge on any atom is -0.495 e. The number of hydrogen-bond acceptors (Lipinski definition) is 5. The van der Waals surface area contributed by atoms with Gasteiger partial charge in [-0.1, -0.05) is 13.8 Å². The highest BCUT2D eigenvalue weighted by Gasteiger charge is 2.27. The lowest BCUT2D eigenvalue weighted by atomic mass is 9.95. The minimum absolute atomic E-state index is 0.0391. The van der Waals surface area contributed by atoms with E-state index in [9.17, 15) is 8.42 Å². The Morgan fingerprint density at radius 1 is 1.18 bits per heavy atom. The van der Waals surface area contributed by atoms with E-state index in [1.165, 1.54) is 26.4 Å². The zero-order chi connectivity index (χ0) is 17.0. The molecule has 0 unspecified atom stereocenters. The number of benzene rings is 1. The highest BCUT2D eigenvalue weighted by atomic mass is 79.9. The predicted octanol–water partition coefficient (Wildman–Crippen LogP) is 2.26. The molecule has 0 fully saturated rings. The Kier molecular flexibility index (Phi) is 6.66. The molecule has 0 saturated heterocycles. The molecular formula is C14H23BrN2O4S.